The molecule has 33 heteroatoms. The van der Waals surface area contributed by atoms with Gasteiger partial charge < -0.3 is 159 Å². The summed E-state index contributed by atoms with van der Waals surface area (Å²) in [6, 6.07) is 0. The molecule has 2 bridgehead atoms. The first-order valence-corrected chi connectivity index (χ1v) is 30.4. The highest BCUT2D eigenvalue weighted by atomic mass is 16.8. The van der Waals surface area contributed by atoms with Crippen LogP contribution in [0.15, 0.2) is 12.2 Å². The van der Waals surface area contributed by atoms with Crippen LogP contribution in [0.3, 0.4) is 0 Å². The molecule has 0 amide bonds. The highest BCUT2D eigenvalue weighted by Gasteiger charge is 2.70. The fraction of sp³-hybridized carbons (Fsp3) is 0.946. The monoisotopic (exact) mass is 1290 g/mol. The number of carbonyl (C=O) groups is 1. The van der Waals surface area contributed by atoms with Gasteiger partial charge in [0.05, 0.1) is 50.7 Å². The van der Waals surface area contributed by atoms with Crippen molar-refractivity contribution in [1.82, 2.24) is 0 Å². The van der Waals surface area contributed by atoms with Crippen molar-refractivity contribution < 1.29 is 164 Å². The van der Waals surface area contributed by atoms with E-state index in [1.807, 2.05) is 0 Å². The maximum atomic E-state index is 15.4. The lowest BCUT2D eigenvalue weighted by atomic mass is 9.41. The predicted molar refractivity (Wildman–Crippen MR) is 284 cm³/mol. The summed E-state index contributed by atoms with van der Waals surface area (Å²) in [7, 11) is 0. The Morgan fingerprint density at radius 1 is 0.427 bits per heavy atom. The molecule has 4 saturated carbocycles. The Morgan fingerprint density at radius 3 is 1.18 bits per heavy atom. The van der Waals surface area contributed by atoms with Crippen LogP contribution in [-0.4, -0.2) is 338 Å². The van der Waals surface area contributed by atoms with E-state index in [0.717, 1.165) is 0 Å². The molecule has 0 radical (unpaired) electrons. The molecular weight excluding hydrogens is 1200 g/mol. The second-order valence-corrected chi connectivity index (χ2v) is 26.4. The molecule has 10 fully saturated rings. The normalized spacial score (nSPS) is 54.5. The highest BCUT2D eigenvalue weighted by Crippen LogP contribution is 2.74. The summed E-state index contributed by atoms with van der Waals surface area (Å²) in [5.41, 5.74) is -3.24. The van der Waals surface area contributed by atoms with Crippen LogP contribution >= 0.6 is 0 Å². The fourth-order valence-electron chi connectivity index (χ4n) is 16.4. The van der Waals surface area contributed by atoms with Gasteiger partial charge >= 0.3 is 5.97 Å². The molecule has 4 aliphatic carbocycles. The third-order valence-corrected chi connectivity index (χ3v) is 21.3. The van der Waals surface area contributed by atoms with Gasteiger partial charge in [-0.15, -0.1) is 0 Å². The van der Waals surface area contributed by atoms with E-state index in [-0.39, 0.29) is 25.2 Å². The minimum Gasteiger partial charge on any atom is -0.432 e. The van der Waals surface area contributed by atoms with E-state index in [1.165, 1.54) is 0 Å². The smallest absolute Gasteiger partial charge is 0.314 e. The Balaban J connectivity index is 0.921. The molecule has 6 saturated heterocycles. The lowest BCUT2D eigenvalue weighted by Crippen LogP contribution is -2.68. The number of hydrogen-bond acceptors (Lipinski definition) is 33. The maximum Gasteiger partial charge on any atom is 0.314 e. The Bertz CT molecular complexity index is 2390. The number of esters is 1. The number of aliphatic hydroxyl groups excluding tert-OH is 20. The molecule has 20 N–H and O–H groups in total. The minimum atomic E-state index is -2.08. The van der Waals surface area contributed by atoms with E-state index in [0.29, 0.717) is 44.1 Å². The van der Waals surface area contributed by atoms with Crippen LogP contribution < -0.4 is 0 Å². The number of hydrogen-bond donors (Lipinski definition) is 20. The summed E-state index contributed by atoms with van der Waals surface area (Å²) in [6.45, 7) is 3.03. The number of carbonyl (C=O) groups excluding carboxylic acids is 1. The van der Waals surface area contributed by atoms with Gasteiger partial charge in [-0.1, -0.05) is 19.9 Å². The second-order valence-electron chi connectivity index (χ2n) is 26.4. The van der Waals surface area contributed by atoms with Crippen LogP contribution in [0.5, 0.6) is 0 Å². The van der Waals surface area contributed by atoms with Crippen LogP contribution in [0.4, 0.5) is 0 Å². The molecule has 33 unspecified atom stereocenters. The topological polar surface area (TPSA) is 532 Å². The summed E-state index contributed by atoms with van der Waals surface area (Å²) >= 11 is 0. The van der Waals surface area contributed by atoms with E-state index >= 15 is 4.79 Å². The Labute approximate surface area is 509 Å². The fourth-order valence-corrected chi connectivity index (χ4v) is 16.4. The van der Waals surface area contributed by atoms with Gasteiger partial charge in [0.1, 0.15) is 140 Å². The summed E-state index contributed by atoms with van der Waals surface area (Å²) < 4.78 is 72.9. The molecular formula is C56H90O33. The standard InChI is InChI=1S/C56H90O33/c1-19-11-55-9-5-26-53(2,7-4-8-54(26,3)52(77)88-50-44(86-48-40(75)36(71)30(65)22(14-59)80-48)42(32(67)24(16-61)82-50)84-46-38(73)34(69)28(63)20(12-57)78-46)27(55)6-10-56(19,18-55)89-51-45(87-49-41(76)37(72)31(66)23(15-60)81-49)43(33(68)25(17-62)83-51)85-47-39(74)35(70)29(64)21(13-58)79-47/h20-51,57-76H,1,4-18H2,2-3H3/t20?,21?,22?,23?,24?,25?,26?,27-,28?,29?,30?,31?,32?,33?,34?,35?,36?,37?,38?,39?,40?,41?,42?,43?,44?,45?,46?,47?,48?,49?,50?,51?,53+,54+,55?,56?/m0/s1. The molecule has 89 heavy (non-hydrogen) atoms. The first-order valence-electron chi connectivity index (χ1n) is 30.4. The van der Waals surface area contributed by atoms with E-state index < -0.39 is 258 Å². The van der Waals surface area contributed by atoms with Gasteiger partial charge in [-0.05, 0) is 86.5 Å². The number of aliphatic hydroxyl groups is 20. The summed E-state index contributed by atoms with van der Waals surface area (Å²) in [4.78, 5) is 15.4. The molecule has 6 aliphatic heterocycles. The predicted octanol–water partition coefficient (Wildman–Crippen LogP) is -9.47. The van der Waals surface area contributed by atoms with Gasteiger partial charge in [-0.3, -0.25) is 4.79 Å². The molecule has 512 valence electrons. The van der Waals surface area contributed by atoms with Crippen LogP contribution in [-0.2, 0) is 61.6 Å². The average molecular weight is 1290 g/mol. The highest BCUT2D eigenvalue weighted by molar-refractivity contribution is 5.77. The van der Waals surface area contributed by atoms with Gasteiger partial charge in [0, 0.05) is 0 Å². The van der Waals surface area contributed by atoms with E-state index in [9.17, 15) is 102 Å². The third-order valence-electron chi connectivity index (χ3n) is 21.3. The quantitative estimate of drug-likeness (QED) is 0.0344. The molecule has 10 aliphatic rings. The van der Waals surface area contributed by atoms with Crippen molar-refractivity contribution in [2.45, 2.75) is 261 Å². The van der Waals surface area contributed by atoms with Gasteiger partial charge in [0.25, 0.3) is 0 Å². The van der Waals surface area contributed by atoms with Crippen molar-refractivity contribution in [3.05, 3.63) is 12.2 Å². The number of ether oxygens (including phenoxy) is 12. The number of fused-ring (bicyclic) bond motifs is 3. The van der Waals surface area contributed by atoms with Crippen molar-refractivity contribution in [3.63, 3.8) is 0 Å². The lowest BCUT2D eigenvalue weighted by molar-refractivity contribution is -0.400. The van der Waals surface area contributed by atoms with Gasteiger partial charge in [-0.25, -0.2) is 0 Å². The first-order chi connectivity index (χ1) is 42.1. The molecule has 0 aromatic heterocycles. The number of rotatable bonds is 18. The molecule has 36 atom stereocenters. The summed E-state index contributed by atoms with van der Waals surface area (Å²) in [5, 5.41) is 215. The van der Waals surface area contributed by atoms with E-state index in [2.05, 4.69) is 13.5 Å². The summed E-state index contributed by atoms with van der Waals surface area (Å²) in [5.74, 6) is -1.44. The average Bonchev–Trinajstić information content (AvgIpc) is 1.62. The molecule has 10 rings (SSSR count). The zero-order valence-electron chi connectivity index (χ0n) is 49.0. The largest absolute Gasteiger partial charge is 0.432 e. The van der Waals surface area contributed by atoms with Crippen molar-refractivity contribution in [2.75, 3.05) is 39.6 Å². The van der Waals surface area contributed by atoms with Gasteiger partial charge in [0.2, 0.25) is 6.29 Å². The van der Waals surface area contributed by atoms with Crippen LogP contribution in [0.25, 0.3) is 0 Å². The second kappa shape index (κ2) is 27.2. The maximum absolute atomic E-state index is 15.4. The molecule has 0 aromatic rings. The molecule has 0 aromatic carbocycles. The van der Waals surface area contributed by atoms with E-state index in [1.54, 1.807) is 6.92 Å². The third kappa shape index (κ3) is 12.3. The molecule has 33 nitrogen and oxygen atoms in total. The van der Waals surface area contributed by atoms with E-state index in [4.69, 9.17) is 56.8 Å². The Hall–Kier alpha value is -2.03. The molecule has 6 heterocycles. The van der Waals surface area contributed by atoms with Gasteiger partial charge in [-0.2, -0.15) is 0 Å². The zero-order valence-corrected chi connectivity index (χ0v) is 49.0. The minimum absolute atomic E-state index is 0.154. The van der Waals surface area contributed by atoms with Crippen LogP contribution in [0.2, 0.25) is 0 Å². The molecule has 1 spiro atoms. The van der Waals surface area contributed by atoms with Gasteiger partial charge in [0.15, 0.2) is 37.6 Å². The Morgan fingerprint density at radius 2 is 0.775 bits per heavy atom. The van der Waals surface area contributed by atoms with Crippen molar-refractivity contribution in [1.29, 1.82) is 0 Å². The SMILES string of the molecule is C=C1CC23CCC4[C@](C)(C(=O)OC5OC(CO)C(O)C(OC6OC(CO)C(O)C(O)C6O)C5OC5OC(CO)C(O)C(O)C5O)CCC[C@@]4(C)[C@@H]2CCC1(OC1OC(CO)C(O)C(OC2OC(CO)C(O)C(O)C2O)C1OC1OC(CO)C(O)C(O)C1O)C3. The van der Waals surface area contributed by atoms with Crippen molar-refractivity contribution in [3.8, 4) is 0 Å². The first kappa shape index (κ1) is 69.8. The van der Waals surface area contributed by atoms with Crippen molar-refractivity contribution in [2.24, 2.45) is 28.1 Å². The van der Waals surface area contributed by atoms with Crippen LogP contribution in [0.1, 0.15) is 71.6 Å². The van der Waals surface area contributed by atoms with Crippen LogP contribution in [0, 0.1) is 28.1 Å². The Kier molecular flexibility index (Phi) is 21.4. The van der Waals surface area contributed by atoms with Crippen molar-refractivity contribution >= 4 is 5.97 Å². The lowest BCUT2D eigenvalue weighted by Gasteiger charge is -2.64. The zero-order chi connectivity index (χ0) is 64.7. The summed E-state index contributed by atoms with van der Waals surface area (Å²) in [6.07, 6.45) is -51.9.